The van der Waals surface area contributed by atoms with Crippen molar-refractivity contribution in [2.75, 3.05) is 0 Å². The molecule has 0 heterocycles. The van der Waals surface area contributed by atoms with Crippen LogP contribution < -0.4 is 0 Å². The first-order valence-corrected chi connectivity index (χ1v) is 11.0. The average Bonchev–Trinajstić information content (AvgIpc) is 2.52. The maximum absolute atomic E-state index is 12.9. The first-order chi connectivity index (χ1) is 13.3. The summed E-state index contributed by atoms with van der Waals surface area (Å²) in [5, 5.41) is 0. The van der Waals surface area contributed by atoms with E-state index in [-0.39, 0.29) is 21.7 Å². The molecule has 0 aromatic heterocycles. The molecule has 1 aliphatic rings. The monoisotopic (exact) mass is 408 g/mol. The van der Waals surface area contributed by atoms with Crippen LogP contribution in [0.2, 0.25) is 0 Å². The highest BCUT2D eigenvalue weighted by atomic mass is 16.2. The van der Waals surface area contributed by atoms with Gasteiger partial charge in [0.25, 0.3) is 0 Å². The molecule has 0 saturated carbocycles. The van der Waals surface area contributed by atoms with Crippen molar-refractivity contribution in [3.05, 3.63) is 52.1 Å². The highest BCUT2D eigenvalue weighted by Crippen LogP contribution is 2.48. The number of ketones is 2. The van der Waals surface area contributed by atoms with Gasteiger partial charge < -0.3 is 0 Å². The molecule has 2 heteroatoms. The van der Waals surface area contributed by atoms with Crippen LogP contribution in [-0.4, -0.2) is 11.6 Å². The number of rotatable bonds is 1. The van der Waals surface area contributed by atoms with E-state index in [2.05, 4.69) is 89.2 Å². The number of hydrogen-bond acceptors (Lipinski definition) is 2. The third-order valence-electron chi connectivity index (χ3n) is 5.65. The van der Waals surface area contributed by atoms with Gasteiger partial charge in [0.2, 0.25) is 11.6 Å². The van der Waals surface area contributed by atoms with Gasteiger partial charge in [0.15, 0.2) is 0 Å². The summed E-state index contributed by atoms with van der Waals surface area (Å²) < 4.78 is 0. The van der Waals surface area contributed by atoms with E-state index in [4.69, 9.17) is 0 Å². The van der Waals surface area contributed by atoms with Gasteiger partial charge in [-0.15, -0.1) is 0 Å². The van der Waals surface area contributed by atoms with E-state index in [1.54, 1.807) is 6.08 Å². The average molecular weight is 409 g/mol. The molecule has 2 rings (SSSR count). The van der Waals surface area contributed by atoms with Crippen LogP contribution in [0.25, 0.3) is 5.57 Å². The van der Waals surface area contributed by atoms with Crippen LogP contribution in [0.15, 0.2) is 24.3 Å². The van der Waals surface area contributed by atoms with Crippen LogP contribution in [-0.2, 0) is 31.2 Å². The molecule has 0 N–H and O–H groups in total. The van der Waals surface area contributed by atoms with E-state index >= 15 is 0 Å². The molecule has 164 valence electrons. The molecule has 0 saturated heterocycles. The van der Waals surface area contributed by atoms with E-state index < -0.39 is 11.6 Å². The van der Waals surface area contributed by atoms with E-state index in [0.717, 1.165) is 5.56 Å². The Hall–Kier alpha value is -1.96. The highest BCUT2D eigenvalue weighted by Gasteiger charge is 2.39. The SMILES string of the molecule is CC(C)(C)c1cc(C2=CC=CC(=O)C2=O)c(C(C)(C)C)c(C(C)(C)C)c1C(C)(C)C. The van der Waals surface area contributed by atoms with Crippen molar-refractivity contribution >= 4 is 17.1 Å². The summed E-state index contributed by atoms with van der Waals surface area (Å²) in [6, 6.07) is 2.20. The molecule has 0 aliphatic heterocycles. The topological polar surface area (TPSA) is 34.1 Å². The van der Waals surface area contributed by atoms with Gasteiger partial charge in [0, 0.05) is 5.57 Å². The van der Waals surface area contributed by atoms with Gasteiger partial charge in [-0.3, -0.25) is 9.59 Å². The summed E-state index contributed by atoms with van der Waals surface area (Å²) in [6.07, 6.45) is 4.88. The predicted octanol–water partition coefficient (Wildman–Crippen LogP) is 6.97. The lowest BCUT2D eigenvalue weighted by molar-refractivity contribution is -0.130. The Morgan fingerprint density at radius 2 is 1.07 bits per heavy atom. The molecular formula is C28H40O2. The summed E-state index contributed by atoms with van der Waals surface area (Å²) in [6.45, 7) is 26.9. The normalized spacial score (nSPS) is 16.2. The Morgan fingerprint density at radius 1 is 0.600 bits per heavy atom. The quantitative estimate of drug-likeness (QED) is 0.371. The predicted molar refractivity (Wildman–Crippen MR) is 128 cm³/mol. The van der Waals surface area contributed by atoms with Gasteiger partial charge in [0.1, 0.15) is 0 Å². The number of carbonyl (C=O) groups is 2. The molecule has 0 bridgehead atoms. The van der Waals surface area contributed by atoms with Crippen molar-refractivity contribution in [2.45, 2.75) is 105 Å². The second-order valence-corrected chi connectivity index (χ2v) is 12.7. The standard InChI is InChI=1S/C28H40O2/c1-25(2,3)19-16-18(17-14-13-15-20(29)24(17)30)21(26(4,5)6)23(28(10,11)12)22(19)27(7,8)9/h13-16H,1-12H3. The summed E-state index contributed by atoms with van der Waals surface area (Å²) >= 11 is 0. The highest BCUT2D eigenvalue weighted by molar-refractivity contribution is 6.58. The lowest BCUT2D eigenvalue weighted by Gasteiger charge is -2.42. The van der Waals surface area contributed by atoms with Crippen LogP contribution in [0.1, 0.15) is 111 Å². The van der Waals surface area contributed by atoms with Gasteiger partial charge in [-0.2, -0.15) is 0 Å². The molecule has 1 aromatic carbocycles. The van der Waals surface area contributed by atoms with Crippen LogP contribution in [0.4, 0.5) is 0 Å². The first kappa shape index (κ1) is 24.3. The van der Waals surface area contributed by atoms with E-state index in [1.165, 1.54) is 28.3 Å². The minimum atomic E-state index is -0.443. The van der Waals surface area contributed by atoms with Crippen LogP contribution in [0, 0.1) is 0 Å². The van der Waals surface area contributed by atoms with Crippen molar-refractivity contribution in [1.82, 2.24) is 0 Å². The fourth-order valence-electron chi connectivity index (χ4n) is 4.52. The van der Waals surface area contributed by atoms with Gasteiger partial charge in [0.05, 0.1) is 0 Å². The van der Waals surface area contributed by atoms with Crippen LogP contribution in [0.5, 0.6) is 0 Å². The van der Waals surface area contributed by atoms with E-state index in [0.29, 0.717) is 5.57 Å². The van der Waals surface area contributed by atoms with Gasteiger partial charge >= 0.3 is 0 Å². The van der Waals surface area contributed by atoms with Crippen molar-refractivity contribution in [2.24, 2.45) is 0 Å². The Kier molecular flexibility index (Phi) is 5.93. The van der Waals surface area contributed by atoms with Crippen molar-refractivity contribution < 1.29 is 9.59 Å². The molecule has 0 fully saturated rings. The Labute approximate surface area is 183 Å². The number of carbonyl (C=O) groups excluding carboxylic acids is 2. The zero-order valence-electron chi connectivity index (χ0n) is 21.1. The van der Waals surface area contributed by atoms with Crippen molar-refractivity contribution in [1.29, 1.82) is 0 Å². The summed E-state index contributed by atoms with van der Waals surface area (Å²) in [4.78, 5) is 25.2. The van der Waals surface area contributed by atoms with Crippen molar-refractivity contribution in [3.8, 4) is 0 Å². The number of hydrogen-bond donors (Lipinski definition) is 0. The summed E-state index contributed by atoms with van der Waals surface area (Å²) in [5.41, 5.74) is 6.03. The molecule has 2 nitrogen and oxygen atoms in total. The van der Waals surface area contributed by atoms with Crippen LogP contribution >= 0.6 is 0 Å². The summed E-state index contributed by atoms with van der Waals surface area (Å²) in [5.74, 6) is -0.854. The third kappa shape index (κ3) is 4.53. The zero-order chi connectivity index (χ0) is 23.4. The molecule has 0 unspecified atom stereocenters. The number of benzene rings is 1. The second-order valence-electron chi connectivity index (χ2n) is 12.7. The fourth-order valence-corrected chi connectivity index (χ4v) is 4.52. The zero-order valence-corrected chi connectivity index (χ0v) is 21.1. The molecule has 0 amide bonds. The molecule has 0 radical (unpaired) electrons. The van der Waals surface area contributed by atoms with Crippen LogP contribution in [0.3, 0.4) is 0 Å². The minimum Gasteiger partial charge on any atom is -0.286 e. The maximum atomic E-state index is 12.9. The van der Waals surface area contributed by atoms with E-state index in [9.17, 15) is 9.59 Å². The van der Waals surface area contributed by atoms with Gasteiger partial charge in [-0.05, 0) is 61.6 Å². The number of Topliss-reactive ketones (excluding diaryl/α,β-unsaturated/α-hetero) is 1. The second kappa shape index (κ2) is 7.32. The largest absolute Gasteiger partial charge is 0.286 e. The fraction of sp³-hybridized carbons (Fsp3) is 0.571. The van der Waals surface area contributed by atoms with Crippen molar-refractivity contribution in [3.63, 3.8) is 0 Å². The first-order valence-electron chi connectivity index (χ1n) is 11.0. The Balaban J connectivity index is 3.23. The Morgan fingerprint density at radius 3 is 1.47 bits per heavy atom. The van der Waals surface area contributed by atoms with Gasteiger partial charge in [-0.25, -0.2) is 0 Å². The minimum absolute atomic E-state index is 0.0650. The Bertz CT molecular complexity index is 941. The third-order valence-corrected chi connectivity index (χ3v) is 5.65. The molecule has 1 aliphatic carbocycles. The van der Waals surface area contributed by atoms with E-state index in [1.807, 2.05) is 6.08 Å². The molecule has 30 heavy (non-hydrogen) atoms. The number of allylic oxidation sites excluding steroid dienone is 4. The van der Waals surface area contributed by atoms with Gasteiger partial charge in [-0.1, -0.05) is 95.2 Å². The summed E-state index contributed by atoms with van der Waals surface area (Å²) in [7, 11) is 0. The lowest BCUT2D eigenvalue weighted by atomic mass is 9.62. The molecule has 1 aromatic rings. The molecule has 0 spiro atoms. The molecule has 0 atom stereocenters. The maximum Gasteiger partial charge on any atom is 0.233 e. The lowest BCUT2D eigenvalue weighted by Crippen LogP contribution is -2.34. The smallest absolute Gasteiger partial charge is 0.233 e. The molecular weight excluding hydrogens is 368 g/mol.